The summed E-state index contributed by atoms with van der Waals surface area (Å²) >= 11 is 6.07. The molecular weight excluding hydrogens is 275 g/mol. The van der Waals surface area contributed by atoms with E-state index in [1.807, 2.05) is 12.1 Å². The first kappa shape index (κ1) is 14.2. The average Bonchev–Trinajstić information content (AvgIpc) is 2.36. The molecule has 1 unspecified atom stereocenters. The number of hydrogen-bond donors (Lipinski definition) is 1. The van der Waals surface area contributed by atoms with E-state index >= 15 is 0 Å². The summed E-state index contributed by atoms with van der Waals surface area (Å²) < 4.78 is 37.8. The van der Waals surface area contributed by atoms with E-state index in [1.54, 1.807) is 24.3 Å². The van der Waals surface area contributed by atoms with Crippen molar-refractivity contribution in [1.29, 1.82) is 0 Å². The fourth-order valence-corrected chi connectivity index (χ4v) is 2.42. The van der Waals surface area contributed by atoms with E-state index in [1.165, 1.54) is 7.05 Å². The number of rotatable bonds is 3. The minimum atomic E-state index is -4.21. The minimum absolute atomic E-state index is 0.543. The summed E-state index contributed by atoms with van der Waals surface area (Å²) in [5, 5.41) is 4.78. The van der Waals surface area contributed by atoms with Gasteiger partial charge in [-0.2, -0.15) is 13.2 Å². The van der Waals surface area contributed by atoms with Crippen LogP contribution >= 0.6 is 11.6 Å². The van der Waals surface area contributed by atoms with Gasteiger partial charge in [0.1, 0.15) is 0 Å². The fraction of sp³-hybridized carbons (Fsp3) is 0.286. The van der Waals surface area contributed by atoms with Gasteiger partial charge in [-0.3, -0.25) is 0 Å². The van der Waals surface area contributed by atoms with Crippen LogP contribution in [0.25, 0.3) is 10.8 Å². The lowest BCUT2D eigenvalue weighted by molar-refractivity contribution is -0.140. The van der Waals surface area contributed by atoms with Crippen molar-refractivity contribution in [3.05, 3.63) is 47.0 Å². The first-order valence-corrected chi connectivity index (χ1v) is 6.21. The Hall–Kier alpha value is -1.26. The van der Waals surface area contributed by atoms with Crippen LogP contribution in [0.4, 0.5) is 13.2 Å². The van der Waals surface area contributed by atoms with Crippen LogP contribution in [0.15, 0.2) is 36.4 Å². The summed E-state index contributed by atoms with van der Waals surface area (Å²) in [7, 11) is 1.53. The maximum Gasteiger partial charge on any atom is 0.390 e. The molecule has 19 heavy (non-hydrogen) atoms. The molecule has 0 spiro atoms. The molecule has 102 valence electrons. The van der Waals surface area contributed by atoms with Gasteiger partial charge in [-0.25, -0.2) is 0 Å². The Labute approximate surface area is 114 Å². The highest BCUT2D eigenvalue weighted by atomic mass is 35.5. The van der Waals surface area contributed by atoms with Crippen molar-refractivity contribution >= 4 is 22.4 Å². The van der Waals surface area contributed by atoms with Gasteiger partial charge in [-0.1, -0.05) is 41.9 Å². The fourth-order valence-electron chi connectivity index (χ4n) is 2.19. The molecule has 2 rings (SSSR count). The topological polar surface area (TPSA) is 12.0 Å². The Balaban J connectivity index is 2.52. The summed E-state index contributed by atoms with van der Waals surface area (Å²) in [6, 6.07) is 9.72. The molecule has 1 N–H and O–H groups in total. The van der Waals surface area contributed by atoms with Crippen LogP contribution in [-0.2, 0) is 0 Å². The Morgan fingerprint density at radius 2 is 1.74 bits per heavy atom. The molecule has 1 atom stereocenters. The highest BCUT2D eigenvalue weighted by molar-refractivity contribution is 6.35. The molecular formula is C14H13ClF3N. The number of halogens is 4. The number of hydrogen-bond acceptors (Lipinski definition) is 1. The van der Waals surface area contributed by atoms with Gasteiger partial charge >= 0.3 is 6.18 Å². The molecule has 0 amide bonds. The quantitative estimate of drug-likeness (QED) is 0.862. The maximum atomic E-state index is 12.6. The zero-order valence-corrected chi connectivity index (χ0v) is 11.0. The summed E-state index contributed by atoms with van der Waals surface area (Å²) in [4.78, 5) is 0. The number of benzene rings is 2. The SMILES string of the molecule is CNC(CC(F)(F)F)c1ccc(Cl)c2ccccc12. The zero-order valence-electron chi connectivity index (χ0n) is 10.3. The van der Waals surface area contributed by atoms with Crippen molar-refractivity contribution in [1.82, 2.24) is 5.32 Å². The van der Waals surface area contributed by atoms with E-state index in [4.69, 9.17) is 11.6 Å². The van der Waals surface area contributed by atoms with Crippen LogP contribution in [0.5, 0.6) is 0 Å². The van der Waals surface area contributed by atoms with Gasteiger partial charge in [-0.15, -0.1) is 0 Å². The first-order chi connectivity index (χ1) is 8.92. The van der Waals surface area contributed by atoms with Gasteiger partial charge in [0.25, 0.3) is 0 Å². The number of alkyl halides is 3. The Kier molecular flexibility index (Phi) is 4.02. The predicted octanol–water partition coefficient (Wildman–Crippen LogP) is 4.71. The molecule has 0 bridgehead atoms. The van der Waals surface area contributed by atoms with Crippen molar-refractivity contribution in [3.8, 4) is 0 Å². The number of nitrogens with one attached hydrogen (secondary N) is 1. The van der Waals surface area contributed by atoms with Crippen molar-refractivity contribution in [2.75, 3.05) is 7.05 Å². The smallest absolute Gasteiger partial charge is 0.313 e. The van der Waals surface area contributed by atoms with Crippen LogP contribution in [0.1, 0.15) is 18.0 Å². The second-order valence-electron chi connectivity index (χ2n) is 4.34. The van der Waals surface area contributed by atoms with Crippen LogP contribution < -0.4 is 5.32 Å². The average molecular weight is 288 g/mol. The van der Waals surface area contributed by atoms with Gasteiger partial charge in [0.05, 0.1) is 6.42 Å². The molecule has 0 aliphatic carbocycles. The molecule has 1 nitrogen and oxygen atoms in total. The lowest BCUT2D eigenvalue weighted by Gasteiger charge is -2.20. The largest absolute Gasteiger partial charge is 0.390 e. The molecule has 0 heterocycles. The van der Waals surface area contributed by atoms with Crippen molar-refractivity contribution in [3.63, 3.8) is 0 Å². The predicted molar refractivity (Wildman–Crippen MR) is 71.4 cm³/mol. The molecule has 2 aromatic carbocycles. The number of fused-ring (bicyclic) bond motifs is 1. The third-order valence-electron chi connectivity index (χ3n) is 3.06. The maximum absolute atomic E-state index is 12.6. The highest BCUT2D eigenvalue weighted by Gasteiger charge is 2.32. The van der Waals surface area contributed by atoms with Gasteiger partial charge in [0, 0.05) is 16.5 Å². The molecule has 0 fully saturated rings. The Morgan fingerprint density at radius 3 is 2.32 bits per heavy atom. The molecule has 0 saturated heterocycles. The minimum Gasteiger partial charge on any atom is -0.313 e. The zero-order chi connectivity index (χ0) is 14.0. The van der Waals surface area contributed by atoms with Gasteiger partial charge in [-0.05, 0) is 24.1 Å². The summed E-state index contributed by atoms with van der Waals surface area (Å²) in [6.07, 6.45) is -5.12. The monoisotopic (exact) mass is 287 g/mol. The van der Waals surface area contributed by atoms with Crippen molar-refractivity contribution < 1.29 is 13.2 Å². The second-order valence-corrected chi connectivity index (χ2v) is 4.75. The molecule has 2 aromatic rings. The van der Waals surface area contributed by atoms with Crippen molar-refractivity contribution in [2.24, 2.45) is 0 Å². The molecule has 0 saturated carbocycles. The standard InChI is InChI=1S/C14H13ClF3N/c1-19-13(8-14(16,17)18)11-6-7-12(15)10-5-3-2-4-9(10)11/h2-7,13,19H,8H2,1H3. The molecule has 0 aromatic heterocycles. The van der Waals surface area contributed by atoms with E-state index in [9.17, 15) is 13.2 Å². The Morgan fingerprint density at radius 1 is 1.11 bits per heavy atom. The van der Waals surface area contributed by atoms with Crippen LogP contribution in [0.2, 0.25) is 5.02 Å². The molecule has 5 heteroatoms. The third-order valence-corrected chi connectivity index (χ3v) is 3.39. The molecule has 0 aliphatic heterocycles. The van der Waals surface area contributed by atoms with Crippen LogP contribution in [0, 0.1) is 0 Å². The summed E-state index contributed by atoms with van der Waals surface area (Å²) in [5.41, 5.74) is 0.611. The van der Waals surface area contributed by atoms with Gasteiger partial charge in [0.15, 0.2) is 0 Å². The third kappa shape index (κ3) is 3.19. The lowest BCUT2D eigenvalue weighted by Crippen LogP contribution is -2.23. The van der Waals surface area contributed by atoms with Crippen LogP contribution in [-0.4, -0.2) is 13.2 Å². The van der Waals surface area contributed by atoms with Crippen LogP contribution in [0.3, 0.4) is 0 Å². The summed E-state index contributed by atoms with van der Waals surface area (Å²) in [6.45, 7) is 0. The first-order valence-electron chi connectivity index (χ1n) is 5.83. The normalized spacial score (nSPS) is 13.7. The van der Waals surface area contributed by atoms with E-state index < -0.39 is 18.6 Å². The van der Waals surface area contributed by atoms with E-state index in [-0.39, 0.29) is 0 Å². The lowest BCUT2D eigenvalue weighted by atomic mass is 9.96. The molecule has 0 aliphatic rings. The van der Waals surface area contributed by atoms with Gasteiger partial charge in [0.2, 0.25) is 0 Å². The Bertz CT molecular complexity index is 580. The summed E-state index contributed by atoms with van der Waals surface area (Å²) in [5.74, 6) is 0. The second kappa shape index (κ2) is 5.39. The van der Waals surface area contributed by atoms with Gasteiger partial charge < -0.3 is 5.32 Å². The molecule has 0 radical (unpaired) electrons. The van der Waals surface area contributed by atoms with Crippen molar-refractivity contribution in [2.45, 2.75) is 18.6 Å². The highest BCUT2D eigenvalue weighted by Crippen LogP contribution is 2.35. The van der Waals surface area contributed by atoms with E-state index in [0.717, 1.165) is 10.8 Å². The van der Waals surface area contributed by atoms with E-state index in [2.05, 4.69) is 5.32 Å². The van der Waals surface area contributed by atoms with E-state index in [0.29, 0.717) is 10.6 Å².